The van der Waals surface area contributed by atoms with Crippen LogP contribution in [0.3, 0.4) is 0 Å². The predicted octanol–water partition coefficient (Wildman–Crippen LogP) is 3.28. The Hall–Kier alpha value is -2.69. The summed E-state index contributed by atoms with van der Waals surface area (Å²) in [6.07, 6.45) is 7.03. The summed E-state index contributed by atoms with van der Waals surface area (Å²) in [5, 5.41) is 13.8. The van der Waals surface area contributed by atoms with Crippen molar-refractivity contribution in [3.05, 3.63) is 54.4 Å². The monoisotopic (exact) mass is 305 g/mol. The van der Waals surface area contributed by atoms with Crippen molar-refractivity contribution in [1.29, 1.82) is 0 Å². The van der Waals surface area contributed by atoms with Crippen molar-refractivity contribution in [3.63, 3.8) is 0 Å². The zero-order valence-corrected chi connectivity index (χ0v) is 12.9. The van der Waals surface area contributed by atoms with Crippen LogP contribution in [0.15, 0.2) is 53.8 Å². The van der Waals surface area contributed by atoms with Gasteiger partial charge in [0.2, 0.25) is 0 Å². The standard InChI is InChI=1S/C18H19N5/c1(3-12-23-13-11-20-22-23)2-10-19-18-15-8-4-6-14-7-5-9-16(21-18)17(14)15/h4-9,11,13H,1-3,10,12H2,(H,19,21). The molecule has 1 aromatic heterocycles. The first kappa shape index (κ1) is 13.9. The summed E-state index contributed by atoms with van der Waals surface area (Å²) < 4.78 is 1.88. The highest BCUT2D eigenvalue weighted by atomic mass is 15.4. The molecule has 0 radical (unpaired) electrons. The molecule has 0 saturated carbocycles. The number of nitrogens with zero attached hydrogens (tertiary/aromatic N) is 4. The number of nitrogens with one attached hydrogen (secondary N) is 1. The maximum absolute atomic E-state index is 4.74. The molecule has 0 saturated heterocycles. The third-order valence-corrected chi connectivity index (χ3v) is 4.20. The van der Waals surface area contributed by atoms with Gasteiger partial charge in [-0.1, -0.05) is 35.5 Å². The van der Waals surface area contributed by atoms with Crippen LogP contribution >= 0.6 is 0 Å². The van der Waals surface area contributed by atoms with E-state index in [2.05, 4.69) is 52.0 Å². The molecule has 0 bridgehead atoms. The van der Waals surface area contributed by atoms with Crippen molar-refractivity contribution < 1.29 is 0 Å². The first-order valence-corrected chi connectivity index (χ1v) is 8.10. The average molecular weight is 305 g/mol. The number of unbranched alkanes of at least 4 members (excludes halogenated alkanes) is 2. The lowest BCUT2D eigenvalue weighted by molar-refractivity contribution is 0.528. The van der Waals surface area contributed by atoms with Crippen molar-refractivity contribution >= 4 is 22.3 Å². The second-order valence-electron chi connectivity index (χ2n) is 5.79. The van der Waals surface area contributed by atoms with Crippen LogP contribution in [0.25, 0.3) is 10.8 Å². The van der Waals surface area contributed by atoms with Gasteiger partial charge in [-0.3, -0.25) is 4.68 Å². The van der Waals surface area contributed by atoms with Gasteiger partial charge in [0.15, 0.2) is 0 Å². The minimum absolute atomic E-state index is 0.936. The molecule has 116 valence electrons. The number of hydrogen-bond acceptors (Lipinski definition) is 4. The first-order valence-electron chi connectivity index (χ1n) is 8.10. The number of aryl methyl sites for hydroxylation is 1. The van der Waals surface area contributed by atoms with Crippen LogP contribution in [0, 0.1) is 0 Å². The van der Waals surface area contributed by atoms with Crippen LogP contribution in [0.4, 0.5) is 5.69 Å². The van der Waals surface area contributed by atoms with Gasteiger partial charge in [0.1, 0.15) is 5.84 Å². The van der Waals surface area contributed by atoms with E-state index in [9.17, 15) is 0 Å². The van der Waals surface area contributed by atoms with E-state index in [1.54, 1.807) is 6.20 Å². The highest BCUT2D eigenvalue weighted by Crippen LogP contribution is 2.34. The van der Waals surface area contributed by atoms with Gasteiger partial charge in [-0.25, -0.2) is 4.99 Å². The summed E-state index contributed by atoms with van der Waals surface area (Å²) in [6, 6.07) is 12.7. The van der Waals surface area contributed by atoms with Gasteiger partial charge in [0.25, 0.3) is 0 Å². The summed E-state index contributed by atoms with van der Waals surface area (Å²) in [4.78, 5) is 4.74. The highest BCUT2D eigenvalue weighted by Gasteiger charge is 2.17. The van der Waals surface area contributed by atoms with Gasteiger partial charge in [-0.15, -0.1) is 5.10 Å². The maximum atomic E-state index is 4.74. The average Bonchev–Trinajstić information content (AvgIpc) is 3.21. The van der Waals surface area contributed by atoms with E-state index >= 15 is 0 Å². The molecular weight excluding hydrogens is 286 g/mol. The van der Waals surface area contributed by atoms with E-state index in [0.717, 1.165) is 43.9 Å². The van der Waals surface area contributed by atoms with Crippen LogP contribution in [0.2, 0.25) is 0 Å². The number of aromatic nitrogens is 3. The Morgan fingerprint density at radius 2 is 1.91 bits per heavy atom. The van der Waals surface area contributed by atoms with Crippen molar-refractivity contribution in [1.82, 2.24) is 20.3 Å². The topological polar surface area (TPSA) is 55.1 Å². The van der Waals surface area contributed by atoms with E-state index in [-0.39, 0.29) is 0 Å². The Morgan fingerprint density at radius 3 is 2.78 bits per heavy atom. The van der Waals surface area contributed by atoms with E-state index in [1.165, 1.54) is 16.3 Å². The van der Waals surface area contributed by atoms with Crippen molar-refractivity contribution in [2.75, 3.05) is 6.54 Å². The Labute approximate surface area is 135 Å². The lowest BCUT2D eigenvalue weighted by Crippen LogP contribution is -2.24. The smallest absolute Gasteiger partial charge is 0.134 e. The lowest BCUT2D eigenvalue weighted by atomic mass is 10.0. The minimum Gasteiger partial charge on any atom is -0.370 e. The zero-order valence-electron chi connectivity index (χ0n) is 12.9. The molecular formula is C18H19N5. The molecule has 2 heterocycles. The van der Waals surface area contributed by atoms with Gasteiger partial charge >= 0.3 is 0 Å². The van der Waals surface area contributed by atoms with Gasteiger partial charge in [-0.05, 0) is 30.7 Å². The number of rotatable bonds is 6. The minimum atomic E-state index is 0.936. The highest BCUT2D eigenvalue weighted by molar-refractivity contribution is 6.18. The number of hydrogen-bond donors (Lipinski definition) is 1. The fourth-order valence-corrected chi connectivity index (χ4v) is 3.06. The fraction of sp³-hybridized carbons (Fsp3) is 0.278. The molecule has 1 aliphatic rings. The third kappa shape index (κ3) is 2.82. The van der Waals surface area contributed by atoms with Crippen LogP contribution in [-0.4, -0.2) is 27.4 Å². The van der Waals surface area contributed by atoms with E-state index < -0.39 is 0 Å². The summed E-state index contributed by atoms with van der Waals surface area (Å²) in [5.41, 5.74) is 2.30. The summed E-state index contributed by atoms with van der Waals surface area (Å²) in [6.45, 7) is 1.88. The van der Waals surface area contributed by atoms with Crippen molar-refractivity contribution in [3.8, 4) is 0 Å². The molecule has 4 rings (SSSR count). The second kappa shape index (κ2) is 6.20. The molecule has 5 heteroatoms. The van der Waals surface area contributed by atoms with Gasteiger partial charge < -0.3 is 5.32 Å². The maximum Gasteiger partial charge on any atom is 0.134 e. The molecule has 1 N–H and O–H groups in total. The molecule has 2 aromatic carbocycles. The first-order chi connectivity index (χ1) is 11.4. The zero-order chi connectivity index (χ0) is 15.5. The third-order valence-electron chi connectivity index (χ3n) is 4.20. The molecule has 3 aromatic rings. The Balaban J connectivity index is 1.30. The summed E-state index contributed by atoms with van der Waals surface area (Å²) in [5.74, 6) is 1.01. The van der Waals surface area contributed by atoms with Crippen LogP contribution in [0.5, 0.6) is 0 Å². The quantitative estimate of drug-likeness (QED) is 0.711. The van der Waals surface area contributed by atoms with Crippen LogP contribution in [0.1, 0.15) is 24.8 Å². The molecule has 0 atom stereocenters. The van der Waals surface area contributed by atoms with Crippen molar-refractivity contribution in [2.45, 2.75) is 25.8 Å². The fourth-order valence-electron chi connectivity index (χ4n) is 3.06. The lowest BCUT2D eigenvalue weighted by Gasteiger charge is -2.07. The summed E-state index contributed by atoms with van der Waals surface area (Å²) in [7, 11) is 0. The Kier molecular flexibility index (Phi) is 3.76. The molecule has 0 unspecified atom stereocenters. The van der Waals surface area contributed by atoms with Gasteiger partial charge in [-0.2, -0.15) is 0 Å². The molecule has 0 spiro atoms. The molecule has 0 aliphatic carbocycles. The second-order valence-corrected chi connectivity index (χ2v) is 5.79. The Bertz CT molecular complexity index is 830. The molecule has 1 aliphatic heterocycles. The number of benzene rings is 2. The molecule has 0 fully saturated rings. The number of amidine groups is 1. The van der Waals surface area contributed by atoms with E-state index in [1.807, 2.05) is 10.9 Å². The van der Waals surface area contributed by atoms with Crippen molar-refractivity contribution in [2.24, 2.45) is 4.99 Å². The predicted molar refractivity (Wildman–Crippen MR) is 92.0 cm³/mol. The van der Waals surface area contributed by atoms with E-state index in [0.29, 0.717) is 0 Å². The Morgan fingerprint density at radius 1 is 1.00 bits per heavy atom. The summed E-state index contributed by atoms with van der Waals surface area (Å²) >= 11 is 0. The van der Waals surface area contributed by atoms with Crippen LogP contribution in [-0.2, 0) is 6.54 Å². The van der Waals surface area contributed by atoms with Gasteiger partial charge in [0.05, 0.1) is 11.9 Å². The van der Waals surface area contributed by atoms with Crippen LogP contribution < -0.4 is 5.32 Å². The molecule has 0 amide bonds. The largest absolute Gasteiger partial charge is 0.370 e. The van der Waals surface area contributed by atoms with E-state index in [4.69, 9.17) is 4.99 Å². The number of aliphatic imine (C=N–C) groups is 1. The molecule has 5 nitrogen and oxygen atoms in total. The normalized spacial score (nSPS) is 12.6. The van der Waals surface area contributed by atoms with Gasteiger partial charge in [0, 0.05) is 30.2 Å². The molecule has 23 heavy (non-hydrogen) atoms. The SMILES string of the molecule is c1cc2c3c(cccc3c1)C(NCCCCCn1ccnn1)=N2.